The lowest BCUT2D eigenvalue weighted by Gasteiger charge is -2.17. The van der Waals surface area contributed by atoms with Crippen molar-refractivity contribution in [2.75, 3.05) is 5.32 Å². The number of H-pyrrole nitrogens is 2. The Kier molecular flexibility index (Phi) is 6.14. The van der Waals surface area contributed by atoms with Gasteiger partial charge in [-0.25, -0.2) is 9.37 Å². The van der Waals surface area contributed by atoms with E-state index in [4.69, 9.17) is 4.98 Å². The fourth-order valence-corrected chi connectivity index (χ4v) is 4.86. The van der Waals surface area contributed by atoms with Crippen LogP contribution in [0.1, 0.15) is 32.8 Å². The van der Waals surface area contributed by atoms with Crippen LogP contribution in [-0.2, 0) is 4.79 Å². The number of fused-ring (bicyclic) bond motifs is 2. The fourth-order valence-electron chi connectivity index (χ4n) is 4.86. The number of amides is 1. The number of nitrogens with zero attached hydrogens (tertiary/aromatic N) is 4. The van der Waals surface area contributed by atoms with Crippen molar-refractivity contribution in [1.82, 2.24) is 30.1 Å². The maximum absolute atomic E-state index is 14.2. The number of pyridine rings is 2. The Balaban J connectivity index is 1.37. The standard InChI is InChI=1S/C31H28FN7O/c1-17-9-19(11-21(32)10-17)27-29-25(7-8-34-27)36-30(37-29)28-23-13-18(5-6-24(23)38-39-28)20-12-22(16-33-15-20)35-26(40)14-31(2,3)4/h5-13,15-16H,14H2,1-4H3,(H,35,40)(H,36,37)(H,38,39). The molecule has 1 amide bonds. The summed E-state index contributed by atoms with van der Waals surface area (Å²) in [6.07, 6.45) is 5.50. The number of carbonyl (C=O) groups is 1. The van der Waals surface area contributed by atoms with E-state index >= 15 is 0 Å². The lowest BCUT2D eigenvalue weighted by Crippen LogP contribution is -2.19. The number of aromatic nitrogens is 6. The summed E-state index contributed by atoms with van der Waals surface area (Å²) >= 11 is 0. The van der Waals surface area contributed by atoms with Crippen LogP contribution in [0.3, 0.4) is 0 Å². The Hall–Kier alpha value is -4.92. The van der Waals surface area contributed by atoms with Crippen molar-refractivity contribution in [3.05, 3.63) is 78.5 Å². The Bertz CT molecular complexity index is 1880. The van der Waals surface area contributed by atoms with Crippen molar-refractivity contribution in [2.45, 2.75) is 34.1 Å². The Morgan fingerprint density at radius 2 is 1.80 bits per heavy atom. The molecule has 0 bridgehead atoms. The molecule has 0 aliphatic carbocycles. The van der Waals surface area contributed by atoms with Crippen molar-refractivity contribution >= 4 is 33.5 Å². The first kappa shape index (κ1) is 25.4. The molecule has 0 unspecified atom stereocenters. The molecule has 40 heavy (non-hydrogen) atoms. The molecule has 4 aromatic heterocycles. The first-order chi connectivity index (χ1) is 19.1. The van der Waals surface area contributed by atoms with Gasteiger partial charge in [0.15, 0.2) is 5.82 Å². The van der Waals surface area contributed by atoms with Gasteiger partial charge in [-0.2, -0.15) is 5.10 Å². The maximum Gasteiger partial charge on any atom is 0.224 e. The summed E-state index contributed by atoms with van der Waals surface area (Å²) < 4.78 is 14.2. The minimum atomic E-state index is -0.317. The van der Waals surface area contributed by atoms with Crippen LogP contribution in [0.4, 0.5) is 10.1 Å². The lowest BCUT2D eigenvalue weighted by atomic mass is 9.92. The van der Waals surface area contributed by atoms with Gasteiger partial charge in [0, 0.05) is 35.3 Å². The van der Waals surface area contributed by atoms with E-state index in [1.165, 1.54) is 12.1 Å². The summed E-state index contributed by atoms with van der Waals surface area (Å²) in [5.41, 5.74) is 7.29. The third kappa shape index (κ3) is 5.05. The molecule has 0 aliphatic heterocycles. The average Bonchev–Trinajstić information content (AvgIpc) is 3.50. The summed E-state index contributed by atoms with van der Waals surface area (Å²) in [5.74, 6) is 0.205. The number of benzene rings is 2. The molecular formula is C31H28FN7O. The van der Waals surface area contributed by atoms with E-state index in [1.54, 1.807) is 18.6 Å². The highest BCUT2D eigenvalue weighted by atomic mass is 19.1. The van der Waals surface area contributed by atoms with Crippen LogP contribution in [0.2, 0.25) is 0 Å². The van der Waals surface area contributed by atoms with Crippen LogP contribution in [-0.4, -0.2) is 36.0 Å². The van der Waals surface area contributed by atoms with Gasteiger partial charge in [0.1, 0.15) is 17.0 Å². The van der Waals surface area contributed by atoms with Gasteiger partial charge >= 0.3 is 0 Å². The molecule has 0 radical (unpaired) electrons. The first-order valence-corrected chi connectivity index (χ1v) is 13.0. The van der Waals surface area contributed by atoms with E-state index in [0.717, 1.165) is 33.1 Å². The monoisotopic (exact) mass is 533 g/mol. The van der Waals surface area contributed by atoms with E-state index in [-0.39, 0.29) is 17.1 Å². The molecule has 0 saturated heterocycles. The minimum absolute atomic E-state index is 0.0498. The quantitative estimate of drug-likeness (QED) is 0.220. The Labute approximate surface area is 230 Å². The van der Waals surface area contributed by atoms with Gasteiger partial charge in [-0.3, -0.25) is 19.9 Å². The van der Waals surface area contributed by atoms with Crippen LogP contribution < -0.4 is 5.32 Å². The topological polar surface area (TPSA) is 112 Å². The second kappa shape index (κ2) is 9.68. The first-order valence-electron chi connectivity index (χ1n) is 13.0. The minimum Gasteiger partial charge on any atom is -0.336 e. The van der Waals surface area contributed by atoms with Gasteiger partial charge in [0.2, 0.25) is 5.91 Å². The second-order valence-electron chi connectivity index (χ2n) is 11.2. The molecule has 0 spiro atoms. The third-order valence-electron chi connectivity index (χ3n) is 6.55. The molecule has 8 nitrogen and oxygen atoms in total. The zero-order valence-electron chi connectivity index (χ0n) is 22.6. The number of hydrogen-bond donors (Lipinski definition) is 3. The molecule has 9 heteroatoms. The van der Waals surface area contributed by atoms with Crippen molar-refractivity contribution < 1.29 is 9.18 Å². The Morgan fingerprint density at radius 1 is 0.950 bits per heavy atom. The van der Waals surface area contributed by atoms with Crippen molar-refractivity contribution in [1.29, 1.82) is 0 Å². The molecule has 0 atom stereocenters. The molecule has 3 N–H and O–H groups in total. The van der Waals surface area contributed by atoms with Crippen molar-refractivity contribution in [2.24, 2.45) is 5.41 Å². The number of rotatable bonds is 5. The largest absolute Gasteiger partial charge is 0.336 e. The number of imidazole rings is 1. The van der Waals surface area contributed by atoms with E-state index in [1.807, 2.05) is 64.1 Å². The predicted molar refractivity (Wildman–Crippen MR) is 155 cm³/mol. The zero-order chi connectivity index (χ0) is 28.0. The van der Waals surface area contributed by atoms with E-state index in [2.05, 4.69) is 30.5 Å². The molecular weight excluding hydrogens is 505 g/mol. The number of aryl methyl sites for hydroxylation is 1. The molecule has 4 heterocycles. The number of anilines is 1. The van der Waals surface area contributed by atoms with Crippen LogP contribution in [0.5, 0.6) is 0 Å². The molecule has 0 saturated carbocycles. The van der Waals surface area contributed by atoms with Crippen LogP contribution >= 0.6 is 0 Å². The highest BCUT2D eigenvalue weighted by molar-refractivity contribution is 5.98. The Morgan fingerprint density at radius 3 is 2.60 bits per heavy atom. The third-order valence-corrected chi connectivity index (χ3v) is 6.55. The maximum atomic E-state index is 14.2. The molecule has 0 aliphatic rings. The summed E-state index contributed by atoms with van der Waals surface area (Å²) in [5, 5.41) is 11.5. The molecule has 2 aromatic carbocycles. The van der Waals surface area contributed by atoms with Gasteiger partial charge < -0.3 is 10.3 Å². The molecule has 6 aromatic rings. The fraction of sp³-hybridized carbons (Fsp3) is 0.194. The van der Waals surface area contributed by atoms with Crippen molar-refractivity contribution in [3.8, 4) is 33.9 Å². The van der Waals surface area contributed by atoms with E-state index < -0.39 is 0 Å². The van der Waals surface area contributed by atoms with Crippen LogP contribution in [0, 0.1) is 18.2 Å². The normalized spacial score (nSPS) is 11.8. The van der Waals surface area contributed by atoms with Crippen LogP contribution in [0.15, 0.2) is 67.1 Å². The van der Waals surface area contributed by atoms with Gasteiger partial charge in [-0.05, 0) is 65.9 Å². The number of halogens is 1. The zero-order valence-corrected chi connectivity index (χ0v) is 22.6. The second-order valence-corrected chi connectivity index (χ2v) is 11.2. The molecule has 0 fully saturated rings. The molecule has 200 valence electrons. The van der Waals surface area contributed by atoms with Gasteiger partial charge in [-0.1, -0.05) is 26.8 Å². The van der Waals surface area contributed by atoms with Crippen LogP contribution in [0.25, 0.3) is 55.8 Å². The number of aromatic amines is 2. The highest BCUT2D eigenvalue weighted by Gasteiger charge is 2.18. The average molecular weight is 534 g/mol. The number of carbonyl (C=O) groups excluding carboxylic acids is 1. The highest BCUT2D eigenvalue weighted by Crippen LogP contribution is 2.33. The summed E-state index contributed by atoms with van der Waals surface area (Å²) in [6, 6.07) is 14.6. The molecule has 6 rings (SSSR count). The van der Waals surface area contributed by atoms with E-state index in [0.29, 0.717) is 40.4 Å². The summed E-state index contributed by atoms with van der Waals surface area (Å²) in [4.78, 5) is 29.5. The summed E-state index contributed by atoms with van der Waals surface area (Å²) in [7, 11) is 0. The van der Waals surface area contributed by atoms with Gasteiger partial charge in [-0.15, -0.1) is 0 Å². The predicted octanol–water partition coefficient (Wildman–Crippen LogP) is 7.05. The number of hydrogen-bond acceptors (Lipinski definition) is 5. The van der Waals surface area contributed by atoms with Gasteiger partial charge in [0.05, 0.1) is 28.6 Å². The van der Waals surface area contributed by atoms with Gasteiger partial charge in [0.25, 0.3) is 0 Å². The van der Waals surface area contributed by atoms with Crippen molar-refractivity contribution in [3.63, 3.8) is 0 Å². The summed E-state index contributed by atoms with van der Waals surface area (Å²) in [6.45, 7) is 7.93. The number of nitrogens with one attached hydrogen (secondary N) is 3. The smallest absolute Gasteiger partial charge is 0.224 e. The van der Waals surface area contributed by atoms with E-state index in [9.17, 15) is 9.18 Å². The SMILES string of the molecule is Cc1cc(F)cc(-c2nccc3[nH]c(-c4n[nH]c5ccc(-c6cncc(NC(=O)CC(C)(C)C)c6)cc45)nc23)c1. The lowest BCUT2D eigenvalue weighted by molar-refractivity contribution is -0.117.